The van der Waals surface area contributed by atoms with Crippen LogP contribution in [0.1, 0.15) is 31.8 Å². The molecule has 2 N–H and O–H groups in total. The summed E-state index contributed by atoms with van der Waals surface area (Å²) in [5.74, 6) is -2.09. The van der Waals surface area contributed by atoms with E-state index in [4.69, 9.17) is 0 Å². The predicted octanol–water partition coefficient (Wildman–Crippen LogP) is 7.42. The minimum absolute atomic E-state index is 0.162. The lowest BCUT2D eigenvalue weighted by atomic mass is 9.94. The van der Waals surface area contributed by atoms with Crippen molar-refractivity contribution < 1.29 is 19.8 Å². The van der Waals surface area contributed by atoms with Crippen LogP contribution in [0, 0.1) is 0 Å². The molecule has 6 rings (SSSR count). The van der Waals surface area contributed by atoms with Gasteiger partial charge in [-0.2, -0.15) is 0 Å². The Bertz CT molecular complexity index is 1660. The van der Waals surface area contributed by atoms with E-state index < -0.39 is 22.8 Å². The van der Waals surface area contributed by atoms with Gasteiger partial charge in [-0.3, -0.25) is 0 Å². The van der Waals surface area contributed by atoms with Crippen molar-refractivity contribution in [3.63, 3.8) is 0 Å². The van der Waals surface area contributed by atoms with Crippen LogP contribution in [-0.2, 0) is 17.3 Å². The van der Waals surface area contributed by atoms with Gasteiger partial charge in [-0.05, 0) is 70.6 Å². The van der Waals surface area contributed by atoms with E-state index in [0.29, 0.717) is 9.79 Å². The number of hydrogen-bond acceptors (Lipinski definition) is 2. The average Bonchev–Trinajstić information content (AvgIpc) is 3.33. The molecule has 0 aliphatic heterocycles. The van der Waals surface area contributed by atoms with Gasteiger partial charge in [0.25, 0.3) is 0 Å². The molecule has 0 amide bonds. The Balaban J connectivity index is 1.66. The van der Waals surface area contributed by atoms with Crippen molar-refractivity contribution in [3.8, 4) is 22.3 Å². The van der Waals surface area contributed by atoms with Crippen molar-refractivity contribution in [2.45, 2.75) is 21.1 Å². The number of carboxylic acid groups (broad SMARTS) is 2. The zero-order valence-electron chi connectivity index (χ0n) is 20.3. The van der Waals surface area contributed by atoms with Crippen LogP contribution in [0.25, 0.3) is 22.3 Å². The summed E-state index contributed by atoms with van der Waals surface area (Å²) >= 11 is 0. The molecule has 5 aromatic rings. The predicted molar refractivity (Wildman–Crippen MR) is 149 cm³/mol. The molecule has 184 valence electrons. The maximum absolute atomic E-state index is 12.3. The van der Waals surface area contributed by atoms with Gasteiger partial charge in [0, 0.05) is 5.56 Å². The highest BCUT2D eigenvalue weighted by molar-refractivity contribution is 7.97. The number of hydrogen-bond donors (Lipinski definition) is 2. The number of fused-ring (bicyclic) bond motifs is 3. The molecule has 0 heterocycles. The number of carbonyl (C=O) groups is 2. The van der Waals surface area contributed by atoms with Gasteiger partial charge in [-0.25, -0.2) is 9.59 Å². The Labute approximate surface area is 223 Å². The normalized spacial score (nSPS) is 11.7. The molecule has 0 spiro atoms. The fourth-order valence-corrected chi connectivity index (χ4v) is 7.78. The molecule has 1 aliphatic carbocycles. The summed E-state index contributed by atoms with van der Waals surface area (Å²) in [6.07, 6.45) is 0.858. The Morgan fingerprint density at radius 1 is 0.500 bits per heavy atom. The van der Waals surface area contributed by atoms with Crippen molar-refractivity contribution in [3.05, 3.63) is 138 Å². The number of benzene rings is 5. The molecule has 0 atom stereocenters. The summed E-state index contributed by atoms with van der Waals surface area (Å²) in [5, 5.41) is 20.2. The number of rotatable bonds is 6. The fraction of sp³-hybridized carbons (Fsp3) is 0.0303. The molecule has 0 bridgehead atoms. The molecule has 0 saturated heterocycles. The zero-order chi connectivity index (χ0) is 26.2. The molecule has 1 aliphatic rings. The monoisotopic (exact) mass is 515 g/mol. The van der Waals surface area contributed by atoms with E-state index in [-0.39, 0.29) is 11.1 Å². The van der Waals surface area contributed by atoms with Crippen molar-refractivity contribution in [1.29, 1.82) is 0 Å². The highest BCUT2D eigenvalue weighted by atomic mass is 32.2. The van der Waals surface area contributed by atoms with E-state index in [2.05, 4.69) is 42.5 Å². The molecule has 0 aromatic heterocycles. The summed E-state index contributed by atoms with van der Waals surface area (Å²) in [6, 6.07) is 36.5. The van der Waals surface area contributed by atoms with Crippen LogP contribution in [0.4, 0.5) is 0 Å². The van der Waals surface area contributed by atoms with Gasteiger partial charge in [0.15, 0.2) is 14.7 Å². The Morgan fingerprint density at radius 2 is 0.974 bits per heavy atom. The first kappa shape index (κ1) is 23.8. The Morgan fingerprint density at radius 3 is 1.61 bits per heavy atom. The molecule has 0 unspecified atom stereocenters. The van der Waals surface area contributed by atoms with E-state index in [1.807, 2.05) is 36.4 Å². The SMILES string of the molecule is O=C(O)c1ccccc1[S+](c1ccccc1C(=O)O)c1ccccc1-c1cccc2c1-c1ccccc1C2. The minimum Gasteiger partial charge on any atom is -0.478 e. The molecule has 0 fully saturated rings. The largest absolute Gasteiger partial charge is 0.478 e. The van der Waals surface area contributed by atoms with E-state index in [0.717, 1.165) is 22.4 Å². The van der Waals surface area contributed by atoms with Gasteiger partial charge < -0.3 is 10.2 Å². The van der Waals surface area contributed by atoms with Gasteiger partial charge in [-0.1, -0.05) is 78.9 Å². The van der Waals surface area contributed by atoms with Crippen molar-refractivity contribution in [2.24, 2.45) is 0 Å². The first-order valence-corrected chi connectivity index (χ1v) is 13.5. The van der Waals surface area contributed by atoms with Crippen molar-refractivity contribution in [1.82, 2.24) is 0 Å². The first-order valence-electron chi connectivity index (χ1n) is 12.2. The summed E-state index contributed by atoms with van der Waals surface area (Å²) in [6.45, 7) is 0. The third-order valence-electron chi connectivity index (χ3n) is 6.89. The molecular weight excluding hydrogens is 492 g/mol. The molecule has 4 nitrogen and oxygen atoms in total. The van der Waals surface area contributed by atoms with Crippen molar-refractivity contribution in [2.75, 3.05) is 0 Å². The second-order valence-electron chi connectivity index (χ2n) is 9.08. The van der Waals surface area contributed by atoms with E-state index >= 15 is 0 Å². The molecule has 0 radical (unpaired) electrons. The van der Waals surface area contributed by atoms with Gasteiger partial charge in [0.2, 0.25) is 0 Å². The smallest absolute Gasteiger partial charge is 0.340 e. The summed E-state index contributed by atoms with van der Waals surface area (Å²) in [5.41, 5.74) is 7.24. The quantitative estimate of drug-likeness (QED) is 0.226. The van der Waals surface area contributed by atoms with Gasteiger partial charge >= 0.3 is 11.9 Å². The molecule has 5 aromatic carbocycles. The lowest BCUT2D eigenvalue weighted by molar-refractivity contribution is 0.0683. The number of carboxylic acids is 2. The molecule has 5 heteroatoms. The minimum atomic E-state index is -1.04. The lowest BCUT2D eigenvalue weighted by Crippen LogP contribution is -2.15. The van der Waals surface area contributed by atoms with Gasteiger partial charge in [0.1, 0.15) is 22.0 Å². The van der Waals surface area contributed by atoms with E-state index in [1.54, 1.807) is 36.4 Å². The van der Waals surface area contributed by atoms with Crippen LogP contribution >= 0.6 is 0 Å². The second-order valence-corrected chi connectivity index (χ2v) is 11.0. The molecular formula is C33H23O4S+. The molecule has 0 saturated carbocycles. The zero-order valence-corrected chi connectivity index (χ0v) is 21.1. The first-order chi connectivity index (χ1) is 18.5. The summed E-state index contributed by atoms with van der Waals surface area (Å²) in [4.78, 5) is 26.7. The standard InChI is InChI=1S/C33H22O4S/c34-32(35)26-14-4-7-18-29(26)38(30-19-8-5-15-27(30)33(36)37)28-17-6-3-13-24(28)25-16-9-11-22-20-21-10-1-2-12-23(21)31(22)25/h1-19H,20H2,(H-,34,35,36,37)/p+1. The fourth-order valence-electron chi connectivity index (χ4n) is 5.28. The van der Waals surface area contributed by atoms with Crippen LogP contribution in [0.15, 0.2) is 130 Å². The third kappa shape index (κ3) is 3.98. The van der Waals surface area contributed by atoms with Crippen LogP contribution in [0.3, 0.4) is 0 Å². The van der Waals surface area contributed by atoms with Crippen molar-refractivity contribution >= 4 is 22.8 Å². The van der Waals surface area contributed by atoms with Gasteiger partial charge in [-0.15, -0.1) is 0 Å². The summed E-state index contributed by atoms with van der Waals surface area (Å²) < 4.78 is 0. The topological polar surface area (TPSA) is 74.6 Å². The Kier molecular flexibility index (Phi) is 6.06. The third-order valence-corrected chi connectivity index (χ3v) is 9.28. The van der Waals surface area contributed by atoms with Crippen LogP contribution in [0.5, 0.6) is 0 Å². The summed E-state index contributed by atoms with van der Waals surface area (Å²) in [7, 11) is -1.01. The highest BCUT2D eigenvalue weighted by Gasteiger charge is 2.39. The number of aromatic carboxylic acids is 2. The maximum Gasteiger partial charge on any atom is 0.340 e. The van der Waals surface area contributed by atoms with Crippen LogP contribution < -0.4 is 0 Å². The molecule has 38 heavy (non-hydrogen) atoms. The average molecular weight is 516 g/mol. The van der Waals surface area contributed by atoms with E-state index in [1.165, 1.54) is 22.3 Å². The Hall–Kier alpha value is -4.61. The van der Waals surface area contributed by atoms with Crippen LogP contribution in [-0.4, -0.2) is 22.2 Å². The maximum atomic E-state index is 12.3. The highest BCUT2D eigenvalue weighted by Crippen LogP contribution is 2.46. The van der Waals surface area contributed by atoms with Crippen LogP contribution in [0.2, 0.25) is 0 Å². The lowest BCUT2D eigenvalue weighted by Gasteiger charge is -2.17. The van der Waals surface area contributed by atoms with Gasteiger partial charge in [0.05, 0.1) is 0 Å². The second kappa shape index (κ2) is 9.69. The van der Waals surface area contributed by atoms with E-state index in [9.17, 15) is 19.8 Å².